The van der Waals surface area contributed by atoms with E-state index >= 15 is 0 Å². The summed E-state index contributed by atoms with van der Waals surface area (Å²) in [6, 6.07) is 9.87. The van der Waals surface area contributed by atoms with Crippen molar-refractivity contribution in [3.05, 3.63) is 70.0 Å². The molecule has 2 rings (SSSR count). The number of halogens is 6. The third-order valence-corrected chi connectivity index (χ3v) is 3.79. The van der Waals surface area contributed by atoms with Crippen molar-refractivity contribution in [3.63, 3.8) is 0 Å². The zero-order valence-corrected chi connectivity index (χ0v) is 12.1. The molecule has 0 saturated carbocycles. The molecule has 0 N–H and O–H groups in total. The highest BCUT2D eigenvalue weighted by atomic mass is 35.5. The molecule has 0 aliphatic carbocycles. The van der Waals surface area contributed by atoms with Crippen LogP contribution >= 0.6 is 23.2 Å². The van der Waals surface area contributed by atoms with Gasteiger partial charge in [0.25, 0.3) is 0 Å². The third-order valence-electron chi connectivity index (χ3n) is 3.03. The molecule has 0 saturated heterocycles. The van der Waals surface area contributed by atoms with E-state index in [1.54, 1.807) is 24.3 Å². The second kappa shape index (κ2) is 6.24. The van der Waals surface area contributed by atoms with E-state index in [9.17, 15) is 17.6 Å². The summed E-state index contributed by atoms with van der Waals surface area (Å²) in [6.07, 6.45) is -4.61. The fourth-order valence-corrected chi connectivity index (χ4v) is 2.53. The molecular formula is C15H10Cl2F4. The summed E-state index contributed by atoms with van der Waals surface area (Å²) in [7, 11) is 0. The Morgan fingerprint density at radius 3 is 2.29 bits per heavy atom. The molecule has 0 radical (unpaired) electrons. The van der Waals surface area contributed by atoms with Gasteiger partial charge >= 0.3 is 6.18 Å². The van der Waals surface area contributed by atoms with Gasteiger partial charge in [0.15, 0.2) is 0 Å². The van der Waals surface area contributed by atoms with E-state index in [4.69, 9.17) is 23.2 Å². The van der Waals surface area contributed by atoms with Crippen molar-refractivity contribution in [2.24, 2.45) is 0 Å². The molecule has 112 valence electrons. The standard InChI is InChI=1S/C15H10Cl2F4/c16-12-7-2-1-4-9(12)8-13(17)10-5-3-6-11(14(10)18)15(19,20)21/h1-7,13H,8H2. The van der Waals surface area contributed by atoms with E-state index in [-0.39, 0.29) is 12.0 Å². The zero-order chi connectivity index (χ0) is 15.6. The fraction of sp³-hybridized carbons (Fsp3) is 0.200. The minimum Gasteiger partial charge on any atom is -0.206 e. The molecule has 0 spiro atoms. The zero-order valence-electron chi connectivity index (χ0n) is 10.6. The number of benzene rings is 2. The quantitative estimate of drug-likeness (QED) is 0.474. The summed E-state index contributed by atoms with van der Waals surface area (Å²) < 4.78 is 52.0. The number of hydrogen-bond donors (Lipinski definition) is 0. The molecule has 0 nitrogen and oxygen atoms in total. The maximum absolute atomic E-state index is 14.0. The molecule has 0 heterocycles. The molecule has 2 aromatic rings. The molecule has 0 amide bonds. The minimum atomic E-state index is -4.75. The summed E-state index contributed by atoms with van der Waals surface area (Å²) in [5.41, 5.74) is -0.854. The first-order valence-electron chi connectivity index (χ1n) is 6.03. The smallest absolute Gasteiger partial charge is 0.206 e. The van der Waals surface area contributed by atoms with Crippen LogP contribution in [0, 0.1) is 5.82 Å². The molecule has 0 aromatic heterocycles. The molecule has 6 heteroatoms. The lowest BCUT2D eigenvalue weighted by Gasteiger charge is -2.15. The minimum absolute atomic E-state index is 0.138. The van der Waals surface area contributed by atoms with Crippen LogP contribution in [0.25, 0.3) is 0 Å². The Hall–Kier alpha value is -1.26. The van der Waals surface area contributed by atoms with Gasteiger partial charge in [-0.05, 0) is 24.1 Å². The van der Waals surface area contributed by atoms with E-state index in [1.165, 1.54) is 6.07 Å². The van der Waals surface area contributed by atoms with Crippen LogP contribution in [0.4, 0.5) is 17.6 Å². The lowest BCUT2D eigenvalue weighted by Crippen LogP contribution is -2.11. The predicted molar refractivity (Wildman–Crippen MR) is 75.2 cm³/mol. The summed E-state index contributed by atoms with van der Waals surface area (Å²) in [4.78, 5) is 0. The van der Waals surface area contributed by atoms with Gasteiger partial charge in [-0.15, -0.1) is 11.6 Å². The van der Waals surface area contributed by atoms with Gasteiger partial charge in [-0.1, -0.05) is 41.9 Å². The molecule has 21 heavy (non-hydrogen) atoms. The molecule has 2 aromatic carbocycles. The molecule has 0 fully saturated rings. The second-order valence-electron chi connectivity index (χ2n) is 4.47. The Bertz CT molecular complexity index is 638. The fourth-order valence-electron chi connectivity index (χ4n) is 1.98. The Kier molecular flexibility index (Phi) is 4.79. The maximum atomic E-state index is 14.0. The Morgan fingerprint density at radius 1 is 1.00 bits per heavy atom. The third kappa shape index (κ3) is 3.69. The van der Waals surface area contributed by atoms with Crippen LogP contribution in [0.3, 0.4) is 0 Å². The lowest BCUT2D eigenvalue weighted by atomic mass is 10.0. The van der Waals surface area contributed by atoms with Gasteiger partial charge in [0.05, 0.1) is 10.9 Å². The van der Waals surface area contributed by atoms with Crippen molar-refractivity contribution in [2.75, 3.05) is 0 Å². The summed E-state index contributed by atoms with van der Waals surface area (Å²) in [6.45, 7) is 0. The number of alkyl halides is 4. The van der Waals surface area contributed by atoms with E-state index < -0.39 is 22.9 Å². The van der Waals surface area contributed by atoms with Crippen molar-refractivity contribution in [1.82, 2.24) is 0 Å². The van der Waals surface area contributed by atoms with Crippen molar-refractivity contribution >= 4 is 23.2 Å². The molecule has 1 unspecified atom stereocenters. The van der Waals surface area contributed by atoms with Gasteiger partial charge in [0, 0.05) is 10.6 Å². The average molecular weight is 337 g/mol. The van der Waals surface area contributed by atoms with E-state index in [1.807, 2.05) is 0 Å². The highest BCUT2D eigenvalue weighted by Crippen LogP contribution is 2.36. The summed E-state index contributed by atoms with van der Waals surface area (Å²) >= 11 is 12.0. The Morgan fingerprint density at radius 2 is 1.67 bits per heavy atom. The number of hydrogen-bond acceptors (Lipinski definition) is 0. The van der Waals surface area contributed by atoms with E-state index in [0.29, 0.717) is 16.7 Å². The topological polar surface area (TPSA) is 0 Å². The predicted octanol–water partition coefficient (Wildman–Crippen LogP) is 6.02. The van der Waals surface area contributed by atoms with Crippen LogP contribution in [-0.2, 0) is 12.6 Å². The van der Waals surface area contributed by atoms with Crippen molar-refractivity contribution in [3.8, 4) is 0 Å². The maximum Gasteiger partial charge on any atom is 0.419 e. The van der Waals surface area contributed by atoms with Crippen molar-refractivity contribution in [2.45, 2.75) is 18.0 Å². The summed E-state index contributed by atoms with van der Waals surface area (Å²) in [5, 5.41) is -0.497. The van der Waals surface area contributed by atoms with Crippen LogP contribution in [0.15, 0.2) is 42.5 Å². The Balaban J connectivity index is 2.32. The van der Waals surface area contributed by atoms with Gasteiger partial charge in [-0.2, -0.15) is 13.2 Å². The molecule has 1 atom stereocenters. The van der Waals surface area contributed by atoms with Crippen LogP contribution in [-0.4, -0.2) is 0 Å². The van der Waals surface area contributed by atoms with Crippen LogP contribution < -0.4 is 0 Å². The average Bonchev–Trinajstić information content (AvgIpc) is 2.40. The SMILES string of the molecule is Fc1c(C(Cl)Cc2ccccc2Cl)cccc1C(F)(F)F. The molecule has 0 aliphatic rings. The first kappa shape index (κ1) is 16.1. The van der Waals surface area contributed by atoms with E-state index in [2.05, 4.69) is 0 Å². The van der Waals surface area contributed by atoms with Gasteiger partial charge in [-0.25, -0.2) is 4.39 Å². The number of rotatable bonds is 3. The van der Waals surface area contributed by atoms with Crippen molar-refractivity contribution in [1.29, 1.82) is 0 Å². The van der Waals surface area contributed by atoms with Gasteiger partial charge < -0.3 is 0 Å². The largest absolute Gasteiger partial charge is 0.419 e. The van der Waals surface area contributed by atoms with Crippen LogP contribution in [0.2, 0.25) is 5.02 Å². The van der Waals surface area contributed by atoms with Gasteiger partial charge in [0.1, 0.15) is 5.82 Å². The molecule has 0 aliphatic heterocycles. The normalized spacial score (nSPS) is 13.2. The first-order valence-corrected chi connectivity index (χ1v) is 6.85. The van der Waals surface area contributed by atoms with Gasteiger partial charge in [-0.3, -0.25) is 0 Å². The Labute approximate surface area is 129 Å². The molecular weight excluding hydrogens is 327 g/mol. The highest BCUT2D eigenvalue weighted by molar-refractivity contribution is 6.31. The van der Waals surface area contributed by atoms with Crippen LogP contribution in [0.1, 0.15) is 22.1 Å². The lowest BCUT2D eigenvalue weighted by molar-refractivity contribution is -0.140. The second-order valence-corrected chi connectivity index (χ2v) is 5.40. The summed E-state index contributed by atoms with van der Waals surface area (Å²) in [5.74, 6) is -1.34. The monoisotopic (exact) mass is 336 g/mol. The van der Waals surface area contributed by atoms with Crippen LogP contribution in [0.5, 0.6) is 0 Å². The van der Waals surface area contributed by atoms with Gasteiger partial charge in [0.2, 0.25) is 0 Å². The first-order chi connectivity index (χ1) is 9.80. The van der Waals surface area contributed by atoms with E-state index in [0.717, 1.165) is 6.07 Å². The van der Waals surface area contributed by atoms with Crippen molar-refractivity contribution < 1.29 is 17.6 Å². The highest BCUT2D eigenvalue weighted by Gasteiger charge is 2.35. The molecule has 0 bridgehead atoms.